The maximum atomic E-state index is 14.3. The molecule has 32 heavy (non-hydrogen) atoms. The van der Waals surface area contributed by atoms with Crippen molar-refractivity contribution < 1.29 is 14.0 Å². The molecular weight excluding hydrogens is 407 g/mol. The monoisotopic (exact) mass is 432 g/mol. The Balaban J connectivity index is 1.69. The number of carbonyl (C=O) groups excluding carboxylic acids is 2. The van der Waals surface area contributed by atoms with Gasteiger partial charge in [0.1, 0.15) is 5.69 Å². The molecule has 1 aliphatic heterocycles. The van der Waals surface area contributed by atoms with Gasteiger partial charge in [-0.1, -0.05) is 26.0 Å². The number of aromatic nitrogens is 2. The van der Waals surface area contributed by atoms with Gasteiger partial charge in [-0.2, -0.15) is 0 Å². The van der Waals surface area contributed by atoms with Gasteiger partial charge < -0.3 is 5.32 Å². The van der Waals surface area contributed by atoms with Crippen molar-refractivity contribution >= 4 is 17.6 Å². The van der Waals surface area contributed by atoms with Crippen LogP contribution >= 0.6 is 0 Å². The molecule has 4 rings (SSSR count). The number of benzene rings is 1. The summed E-state index contributed by atoms with van der Waals surface area (Å²) < 4.78 is 14.3. The number of hydrogen-bond donors (Lipinski definition) is 1. The Morgan fingerprint density at radius 1 is 1.22 bits per heavy atom. The zero-order valence-electron chi connectivity index (χ0n) is 18.4. The van der Waals surface area contributed by atoms with Crippen LogP contribution in [-0.2, 0) is 12.8 Å². The summed E-state index contributed by atoms with van der Waals surface area (Å²) in [5.41, 5.74) is 5.04. The fourth-order valence-corrected chi connectivity index (χ4v) is 4.07. The largest absolute Gasteiger partial charge is 0.354 e. The number of rotatable bonds is 5. The second-order valence-electron chi connectivity index (χ2n) is 8.19. The molecule has 3 aromatic rings. The summed E-state index contributed by atoms with van der Waals surface area (Å²) in [6.45, 7) is 4.64. The van der Waals surface area contributed by atoms with Gasteiger partial charge in [-0.05, 0) is 65.3 Å². The third kappa shape index (κ3) is 4.10. The lowest BCUT2D eigenvalue weighted by molar-refractivity contribution is 0.0955. The van der Waals surface area contributed by atoms with Crippen LogP contribution in [0.25, 0.3) is 0 Å². The molecule has 0 aliphatic carbocycles. The number of carbonyl (C=O) groups is 2. The lowest BCUT2D eigenvalue weighted by Gasteiger charge is -2.29. The van der Waals surface area contributed by atoms with Crippen molar-refractivity contribution in [2.45, 2.75) is 32.6 Å². The Labute approximate surface area is 186 Å². The summed E-state index contributed by atoms with van der Waals surface area (Å²) in [4.78, 5) is 34.8. The molecule has 0 spiro atoms. The first kappa shape index (κ1) is 21.6. The quantitative estimate of drug-likeness (QED) is 0.664. The van der Waals surface area contributed by atoms with Gasteiger partial charge in [-0.25, -0.2) is 9.37 Å². The van der Waals surface area contributed by atoms with Crippen LogP contribution < -0.4 is 10.2 Å². The molecule has 3 heterocycles. The van der Waals surface area contributed by atoms with Gasteiger partial charge in [0.05, 0.1) is 0 Å². The molecule has 2 aromatic heterocycles. The smallest absolute Gasteiger partial charge is 0.269 e. The van der Waals surface area contributed by atoms with Crippen LogP contribution in [0, 0.1) is 5.82 Å². The number of anilines is 1. The van der Waals surface area contributed by atoms with Crippen molar-refractivity contribution in [3.63, 3.8) is 0 Å². The first-order valence-corrected chi connectivity index (χ1v) is 10.6. The molecule has 7 heteroatoms. The zero-order chi connectivity index (χ0) is 22.8. The van der Waals surface area contributed by atoms with E-state index in [0.29, 0.717) is 30.6 Å². The van der Waals surface area contributed by atoms with E-state index in [4.69, 9.17) is 0 Å². The third-order valence-corrected chi connectivity index (χ3v) is 5.74. The highest BCUT2D eigenvalue weighted by Gasteiger charge is 2.29. The van der Waals surface area contributed by atoms with Crippen molar-refractivity contribution in [3.05, 3.63) is 88.1 Å². The maximum Gasteiger partial charge on any atom is 0.269 e. The van der Waals surface area contributed by atoms with E-state index >= 15 is 0 Å². The van der Waals surface area contributed by atoms with E-state index in [0.717, 1.165) is 16.7 Å². The molecule has 0 radical (unpaired) electrons. The summed E-state index contributed by atoms with van der Waals surface area (Å²) in [5.74, 6) is -0.652. The second kappa shape index (κ2) is 8.86. The van der Waals surface area contributed by atoms with E-state index in [-0.39, 0.29) is 23.6 Å². The highest BCUT2D eigenvalue weighted by Crippen LogP contribution is 2.31. The summed E-state index contributed by atoms with van der Waals surface area (Å²) in [7, 11) is 1.57. The number of fused-ring (bicyclic) bond motifs is 1. The number of pyridine rings is 2. The average Bonchev–Trinajstić information content (AvgIpc) is 2.80. The number of halogens is 1. The standard InChI is InChI=1S/C25H25FN4O2/c1-15(2)19-12-17-8-10-30(23-21(26)5-4-9-28-23)25(32)20(17)13-18(19)11-16-6-7-22(29-14-16)24(31)27-3/h4-7,9,12-15H,8,10-11H2,1-3H3,(H,27,31). The SMILES string of the molecule is CNC(=O)c1ccc(Cc2cc3c(cc2C(C)C)CCN(c2ncccc2F)C3=O)cn1. The minimum absolute atomic E-state index is 0.0617. The van der Waals surface area contributed by atoms with Crippen LogP contribution in [0.2, 0.25) is 0 Å². The Kier molecular flexibility index (Phi) is 5.99. The van der Waals surface area contributed by atoms with Gasteiger partial charge >= 0.3 is 0 Å². The lowest BCUT2D eigenvalue weighted by atomic mass is 9.86. The van der Waals surface area contributed by atoms with Gasteiger partial charge in [-0.3, -0.25) is 19.5 Å². The number of hydrogen-bond acceptors (Lipinski definition) is 4. The van der Waals surface area contributed by atoms with Gasteiger partial charge in [0, 0.05) is 31.5 Å². The molecule has 0 saturated carbocycles. The first-order chi connectivity index (χ1) is 15.4. The van der Waals surface area contributed by atoms with Crippen molar-refractivity contribution in [2.75, 3.05) is 18.5 Å². The Morgan fingerprint density at radius 3 is 2.69 bits per heavy atom. The van der Waals surface area contributed by atoms with Crippen molar-refractivity contribution in [1.29, 1.82) is 0 Å². The van der Waals surface area contributed by atoms with Crippen LogP contribution in [0.5, 0.6) is 0 Å². The third-order valence-electron chi connectivity index (χ3n) is 5.74. The first-order valence-electron chi connectivity index (χ1n) is 10.6. The lowest BCUT2D eigenvalue weighted by Crippen LogP contribution is -2.39. The molecule has 0 fully saturated rings. The van der Waals surface area contributed by atoms with Crippen LogP contribution in [0.15, 0.2) is 48.8 Å². The molecule has 1 aromatic carbocycles. The Bertz CT molecular complexity index is 1180. The fourth-order valence-electron chi connectivity index (χ4n) is 4.07. The molecule has 0 bridgehead atoms. The van der Waals surface area contributed by atoms with E-state index in [1.165, 1.54) is 28.8 Å². The molecule has 2 amide bonds. The van der Waals surface area contributed by atoms with Crippen molar-refractivity contribution in [1.82, 2.24) is 15.3 Å². The molecule has 0 saturated heterocycles. The van der Waals surface area contributed by atoms with Gasteiger partial charge in [0.15, 0.2) is 11.6 Å². The summed E-state index contributed by atoms with van der Waals surface area (Å²) in [6, 6.07) is 10.4. The fraction of sp³-hybridized carbons (Fsp3) is 0.280. The Morgan fingerprint density at radius 2 is 2.03 bits per heavy atom. The van der Waals surface area contributed by atoms with Crippen LogP contribution in [0.3, 0.4) is 0 Å². The normalized spacial score (nSPS) is 13.3. The van der Waals surface area contributed by atoms with Crippen molar-refractivity contribution in [3.8, 4) is 0 Å². The zero-order valence-corrected chi connectivity index (χ0v) is 18.4. The molecular formula is C25H25FN4O2. The van der Waals surface area contributed by atoms with E-state index in [1.807, 2.05) is 12.1 Å². The van der Waals surface area contributed by atoms with E-state index in [1.54, 1.807) is 19.3 Å². The minimum atomic E-state index is -0.509. The average molecular weight is 432 g/mol. The molecule has 6 nitrogen and oxygen atoms in total. The molecule has 1 aliphatic rings. The summed E-state index contributed by atoms with van der Waals surface area (Å²) in [5, 5.41) is 2.56. The summed E-state index contributed by atoms with van der Waals surface area (Å²) in [6.07, 6.45) is 4.39. The molecule has 1 N–H and O–H groups in total. The van der Waals surface area contributed by atoms with Gasteiger partial charge in [-0.15, -0.1) is 0 Å². The van der Waals surface area contributed by atoms with E-state index in [2.05, 4.69) is 35.2 Å². The van der Waals surface area contributed by atoms with Crippen LogP contribution in [0.1, 0.15) is 62.9 Å². The topological polar surface area (TPSA) is 75.2 Å². The molecule has 0 atom stereocenters. The van der Waals surface area contributed by atoms with Gasteiger partial charge in [0.2, 0.25) is 0 Å². The van der Waals surface area contributed by atoms with E-state index in [9.17, 15) is 14.0 Å². The second-order valence-corrected chi connectivity index (χ2v) is 8.19. The highest BCUT2D eigenvalue weighted by atomic mass is 19.1. The Hall–Kier alpha value is -3.61. The minimum Gasteiger partial charge on any atom is -0.354 e. The predicted molar refractivity (Wildman–Crippen MR) is 121 cm³/mol. The molecule has 164 valence electrons. The molecule has 0 unspecified atom stereocenters. The van der Waals surface area contributed by atoms with Crippen LogP contribution in [0.4, 0.5) is 10.2 Å². The summed E-state index contributed by atoms with van der Waals surface area (Å²) >= 11 is 0. The maximum absolute atomic E-state index is 14.3. The van der Waals surface area contributed by atoms with E-state index < -0.39 is 5.82 Å². The number of nitrogens with one attached hydrogen (secondary N) is 1. The van der Waals surface area contributed by atoms with Crippen LogP contribution in [-0.4, -0.2) is 35.4 Å². The number of amides is 2. The number of nitrogens with zero attached hydrogens (tertiary/aromatic N) is 3. The highest BCUT2D eigenvalue weighted by molar-refractivity contribution is 6.08. The van der Waals surface area contributed by atoms with Crippen molar-refractivity contribution in [2.24, 2.45) is 0 Å². The predicted octanol–water partition coefficient (Wildman–Crippen LogP) is 3.89. The van der Waals surface area contributed by atoms with Gasteiger partial charge in [0.25, 0.3) is 11.8 Å².